The number of methoxy groups -OCH3 is 1. The van der Waals surface area contributed by atoms with E-state index in [2.05, 4.69) is 10.3 Å². The fourth-order valence-electron chi connectivity index (χ4n) is 2.11. The van der Waals surface area contributed by atoms with Gasteiger partial charge in [-0.1, -0.05) is 0 Å². The van der Waals surface area contributed by atoms with Crippen LogP contribution in [0, 0.1) is 0 Å². The van der Waals surface area contributed by atoms with Crippen LogP contribution in [-0.2, 0) is 11.3 Å². The van der Waals surface area contributed by atoms with Gasteiger partial charge >= 0.3 is 0 Å². The number of aromatic hydroxyl groups is 1. The fourth-order valence-corrected chi connectivity index (χ4v) is 2.11. The van der Waals surface area contributed by atoms with Crippen LogP contribution in [0.4, 0.5) is 0 Å². The molecule has 0 saturated carbocycles. The van der Waals surface area contributed by atoms with Crippen LogP contribution in [0.25, 0.3) is 0 Å². The molecule has 0 bridgehead atoms. The van der Waals surface area contributed by atoms with Gasteiger partial charge in [0.2, 0.25) is 0 Å². The van der Waals surface area contributed by atoms with Crippen molar-refractivity contribution < 1.29 is 9.84 Å². The highest BCUT2D eigenvalue weighted by molar-refractivity contribution is 5.38. The third-order valence-electron chi connectivity index (χ3n) is 2.76. The quantitative estimate of drug-likeness (QED) is 0.787. The van der Waals surface area contributed by atoms with E-state index in [0.29, 0.717) is 6.61 Å². The van der Waals surface area contributed by atoms with E-state index in [4.69, 9.17) is 4.74 Å². The second-order valence-corrected chi connectivity index (χ2v) is 3.81. The second-order valence-electron chi connectivity index (χ2n) is 3.81. The number of hydrogen-bond donors (Lipinski definition) is 2. The molecule has 1 fully saturated rings. The lowest BCUT2D eigenvalue weighted by molar-refractivity contribution is 0.183. The average molecular weight is 208 g/mol. The number of rotatable bonds is 3. The Kier molecular flexibility index (Phi) is 3.18. The van der Waals surface area contributed by atoms with Gasteiger partial charge in [0.25, 0.3) is 0 Å². The number of nitrogens with one attached hydrogen (secondary N) is 1. The number of ether oxygens (including phenoxy) is 1. The van der Waals surface area contributed by atoms with E-state index in [1.54, 1.807) is 13.3 Å². The van der Waals surface area contributed by atoms with Crippen molar-refractivity contribution in [2.24, 2.45) is 0 Å². The minimum absolute atomic E-state index is 0.248. The summed E-state index contributed by atoms with van der Waals surface area (Å²) in [5, 5.41) is 13.2. The zero-order chi connectivity index (χ0) is 10.7. The molecule has 2 heterocycles. The number of nitrogens with zero attached hydrogens (tertiary/aromatic N) is 1. The third-order valence-corrected chi connectivity index (χ3v) is 2.76. The number of hydrogen-bond acceptors (Lipinski definition) is 4. The molecule has 4 heteroatoms. The van der Waals surface area contributed by atoms with E-state index < -0.39 is 0 Å². The Morgan fingerprint density at radius 2 is 2.47 bits per heavy atom. The Morgan fingerprint density at radius 1 is 1.60 bits per heavy atom. The Bertz CT molecular complexity index is 335. The van der Waals surface area contributed by atoms with Gasteiger partial charge in [-0.3, -0.25) is 4.98 Å². The van der Waals surface area contributed by atoms with E-state index in [0.717, 1.165) is 30.5 Å². The molecule has 1 atom stereocenters. The standard InChI is InChI=1S/C11H16N2O2/c1-15-7-8-5-12-6-10(14)11(8)9-3-2-4-13-9/h5-6,9,13-14H,2-4,7H2,1H3. The van der Waals surface area contributed by atoms with E-state index in [9.17, 15) is 5.11 Å². The maximum absolute atomic E-state index is 9.82. The summed E-state index contributed by atoms with van der Waals surface area (Å²) < 4.78 is 5.10. The van der Waals surface area contributed by atoms with Crippen molar-refractivity contribution in [2.45, 2.75) is 25.5 Å². The first-order valence-electron chi connectivity index (χ1n) is 5.21. The van der Waals surface area contributed by atoms with Gasteiger partial charge in [-0.05, 0) is 19.4 Å². The molecule has 1 unspecified atom stereocenters. The summed E-state index contributed by atoms with van der Waals surface area (Å²) in [5.41, 5.74) is 1.92. The van der Waals surface area contributed by atoms with Gasteiger partial charge in [-0.15, -0.1) is 0 Å². The lowest BCUT2D eigenvalue weighted by atomic mass is 10.0. The smallest absolute Gasteiger partial charge is 0.138 e. The lowest BCUT2D eigenvalue weighted by Crippen LogP contribution is -2.15. The summed E-state index contributed by atoms with van der Waals surface area (Å²) in [4.78, 5) is 3.98. The first-order chi connectivity index (χ1) is 7.33. The van der Waals surface area contributed by atoms with Crippen molar-refractivity contribution in [1.29, 1.82) is 0 Å². The van der Waals surface area contributed by atoms with Crippen molar-refractivity contribution >= 4 is 0 Å². The van der Waals surface area contributed by atoms with E-state index in [-0.39, 0.29) is 11.8 Å². The van der Waals surface area contributed by atoms with Crippen LogP contribution in [0.15, 0.2) is 12.4 Å². The van der Waals surface area contributed by atoms with E-state index in [1.807, 2.05) is 0 Å². The van der Waals surface area contributed by atoms with Crippen LogP contribution in [0.1, 0.15) is 30.0 Å². The normalized spacial score (nSPS) is 20.7. The van der Waals surface area contributed by atoms with Crippen LogP contribution >= 0.6 is 0 Å². The Labute approximate surface area is 89.3 Å². The minimum atomic E-state index is 0.248. The molecule has 82 valence electrons. The van der Waals surface area contributed by atoms with Crippen molar-refractivity contribution in [3.63, 3.8) is 0 Å². The highest BCUT2D eigenvalue weighted by atomic mass is 16.5. The third kappa shape index (κ3) is 2.11. The molecule has 1 aliphatic rings. The predicted molar refractivity (Wildman–Crippen MR) is 56.6 cm³/mol. The minimum Gasteiger partial charge on any atom is -0.506 e. The molecular weight excluding hydrogens is 192 g/mol. The first-order valence-corrected chi connectivity index (χ1v) is 5.21. The van der Waals surface area contributed by atoms with E-state index >= 15 is 0 Å². The second kappa shape index (κ2) is 4.59. The van der Waals surface area contributed by atoms with Crippen LogP contribution in [0.2, 0.25) is 0 Å². The summed E-state index contributed by atoms with van der Waals surface area (Å²) in [5.74, 6) is 0.268. The van der Waals surface area contributed by atoms with Gasteiger partial charge in [0, 0.05) is 30.5 Å². The number of aromatic nitrogens is 1. The molecule has 4 nitrogen and oxygen atoms in total. The van der Waals surface area contributed by atoms with Gasteiger partial charge in [0.1, 0.15) is 5.75 Å². The summed E-state index contributed by atoms with van der Waals surface area (Å²) in [6.45, 7) is 1.51. The fraction of sp³-hybridized carbons (Fsp3) is 0.545. The van der Waals surface area contributed by atoms with Crippen LogP contribution in [-0.4, -0.2) is 23.7 Å². The molecular formula is C11H16N2O2. The molecule has 0 amide bonds. The summed E-state index contributed by atoms with van der Waals surface area (Å²) in [6, 6.07) is 0.248. The molecule has 2 rings (SSSR count). The molecule has 1 saturated heterocycles. The molecule has 0 radical (unpaired) electrons. The Balaban J connectivity index is 2.32. The molecule has 1 aromatic heterocycles. The Morgan fingerprint density at radius 3 is 3.13 bits per heavy atom. The van der Waals surface area contributed by atoms with Gasteiger partial charge < -0.3 is 15.2 Å². The van der Waals surface area contributed by atoms with Gasteiger partial charge in [-0.2, -0.15) is 0 Å². The van der Waals surface area contributed by atoms with Crippen molar-refractivity contribution in [2.75, 3.05) is 13.7 Å². The highest BCUT2D eigenvalue weighted by Gasteiger charge is 2.22. The van der Waals surface area contributed by atoms with Crippen molar-refractivity contribution in [3.8, 4) is 5.75 Å². The maximum atomic E-state index is 9.82. The summed E-state index contributed by atoms with van der Waals surface area (Å²) in [6.07, 6.45) is 5.47. The largest absolute Gasteiger partial charge is 0.506 e. The number of pyridine rings is 1. The molecule has 15 heavy (non-hydrogen) atoms. The Hall–Kier alpha value is -1.13. The van der Waals surface area contributed by atoms with Crippen LogP contribution in [0.3, 0.4) is 0 Å². The van der Waals surface area contributed by atoms with Gasteiger partial charge in [0.15, 0.2) is 0 Å². The predicted octanol–water partition coefficient (Wildman–Crippen LogP) is 1.36. The maximum Gasteiger partial charge on any atom is 0.138 e. The van der Waals surface area contributed by atoms with Crippen LogP contribution < -0.4 is 5.32 Å². The molecule has 0 aromatic carbocycles. The summed E-state index contributed by atoms with van der Waals surface area (Å²) >= 11 is 0. The monoisotopic (exact) mass is 208 g/mol. The zero-order valence-electron chi connectivity index (χ0n) is 8.86. The van der Waals surface area contributed by atoms with Crippen LogP contribution in [0.5, 0.6) is 5.75 Å². The molecule has 0 aliphatic carbocycles. The van der Waals surface area contributed by atoms with Crippen molar-refractivity contribution in [3.05, 3.63) is 23.5 Å². The molecule has 1 aromatic rings. The molecule has 0 spiro atoms. The van der Waals surface area contributed by atoms with Gasteiger partial charge in [-0.25, -0.2) is 0 Å². The molecule has 1 aliphatic heterocycles. The SMILES string of the molecule is COCc1cncc(O)c1C1CCCN1. The highest BCUT2D eigenvalue weighted by Crippen LogP contribution is 2.32. The average Bonchev–Trinajstić information content (AvgIpc) is 2.71. The zero-order valence-corrected chi connectivity index (χ0v) is 8.86. The topological polar surface area (TPSA) is 54.4 Å². The van der Waals surface area contributed by atoms with Gasteiger partial charge in [0.05, 0.1) is 12.8 Å². The summed E-state index contributed by atoms with van der Waals surface area (Å²) in [7, 11) is 1.65. The first kappa shape index (κ1) is 10.4. The lowest BCUT2D eigenvalue weighted by Gasteiger charge is -2.16. The van der Waals surface area contributed by atoms with Crippen molar-refractivity contribution in [1.82, 2.24) is 10.3 Å². The molecule has 2 N–H and O–H groups in total. The van der Waals surface area contributed by atoms with E-state index in [1.165, 1.54) is 6.20 Å².